The van der Waals surface area contributed by atoms with Gasteiger partial charge in [0, 0.05) is 39.1 Å². The maximum atomic E-state index is 12.2. The molecule has 1 aliphatic heterocycles. The van der Waals surface area contributed by atoms with Gasteiger partial charge >= 0.3 is 6.09 Å². The Labute approximate surface area is 143 Å². The number of benzene rings is 1. The van der Waals surface area contributed by atoms with Gasteiger partial charge in [-0.05, 0) is 25.5 Å². The topological polar surface area (TPSA) is 61.9 Å². The summed E-state index contributed by atoms with van der Waals surface area (Å²) in [7, 11) is 0. The summed E-state index contributed by atoms with van der Waals surface area (Å²) in [6, 6.07) is 10.3. The summed E-state index contributed by atoms with van der Waals surface area (Å²) in [5, 5.41) is 3.32. The molecule has 6 nitrogen and oxygen atoms in total. The third-order valence-corrected chi connectivity index (χ3v) is 4.11. The van der Waals surface area contributed by atoms with E-state index in [1.807, 2.05) is 23.1 Å². The van der Waals surface area contributed by atoms with E-state index in [0.717, 1.165) is 13.0 Å². The number of amides is 2. The molecule has 2 amide bonds. The van der Waals surface area contributed by atoms with Crippen molar-refractivity contribution < 1.29 is 14.3 Å². The zero-order valence-electron chi connectivity index (χ0n) is 14.4. The third-order valence-electron chi connectivity index (χ3n) is 4.11. The Bertz CT molecular complexity index is 514. The molecular weight excluding hydrogens is 306 g/mol. The van der Waals surface area contributed by atoms with Crippen LogP contribution >= 0.6 is 0 Å². The number of hydrogen-bond acceptors (Lipinski definition) is 4. The Hall–Kier alpha value is -2.08. The maximum Gasteiger partial charge on any atom is 0.409 e. The summed E-state index contributed by atoms with van der Waals surface area (Å²) in [5.41, 5.74) is 1.30. The first-order valence-corrected chi connectivity index (χ1v) is 8.65. The van der Waals surface area contributed by atoms with Gasteiger partial charge in [-0.15, -0.1) is 0 Å². The summed E-state index contributed by atoms with van der Waals surface area (Å²) in [6.45, 7) is 5.99. The smallest absolute Gasteiger partial charge is 0.409 e. The van der Waals surface area contributed by atoms with Crippen LogP contribution in [0.2, 0.25) is 0 Å². The van der Waals surface area contributed by atoms with Gasteiger partial charge in [0.05, 0.1) is 6.61 Å². The van der Waals surface area contributed by atoms with Crippen LogP contribution < -0.4 is 5.32 Å². The SMILES string of the molecule is CCOC(=O)N1CCN(C(=O)CCNCCc2ccccc2)CC1. The predicted octanol–water partition coefficient (Wildman–Crippen LogP) is 1.51. The summed E-state index contributed by atoms with van der Waals surface area (Å²) >= 11 is 0. The van der Waals surface area contributed by atoms with Crippen molar-refractivity contribution >= 4 is 12.0 Å². The molecular formula is C18H27N3O3. The van der Waals surface area contributed by atoms with Crippen LogP contribution in [0.15, 0.2) is 30.3 Å². The van der Waals surface area contributed by atoms with Gasteiger partial charge < -0.3 is 19.9 Å². The first-order chi connectivity index (χ1) is 11.7. The van der Waals surface area contributed by atoms with Gasteiger partial charge in [0.25, 0.3) is 0 Å². The van der Waals surface area contributed by atoms with Gasteiger partial charge in [0.15, 0.2) is 0 Å². The van der Waals surface area contributed by atoms with Crippen LogP contribution in [0.25, 0.3) is 0 Å². The molecule has 0 aliphatic carbocycles. The fourth-order valence-corrected chi connectivity index (χ4v) is 2.71. The molecule has 1 N–H and O–H groups in total. The molecule has 24 heavy (non-hydrogen) atoms. The minimum atomic E-state index is -0.285. The van der Waals surface area contributed by atoms with Crippen LogP contribution in [0, 0.1) is 0 Å². The Kier molecular flexibility index (Phi) is 7.55. The standard InChI is InChI=1S/C18H27N3O3/c1-2-24-18(23)21-14-12-20(13-15-21)17(22)9-11-19-10-8-16-6-4-3-5-7-16/h3-7,19H,2,8-15H2,1H3. The van der Waals surface area contributed by atoms with Crippen LogP contribution in [-0.4, -0.2) is 67.7 Å². The van der Waals surface area contributed by atoms with Gasteiger partial charge in [-0.25, -0.2) is 4.79 Å². The van der Waals surface area contributed by atoms with E-state index in [9.17, 15) is 9.59 Å². The molecule has 1 aromatic rings. The van der Waals surface area contributed by atoms with Crippen molar-refractivity contribution in [2.45, 2.75) is 19.8 Å². The highest BCUT2D eigenvalue weighted by Gasteiger charge is 2.24. The van der Waals surface area contributed by atoms with E-state index in [0.29, 0.717) is 45.8 Å². The molecule has 1 heterocycles. The van der Waals surface area contributed by atoms with E-state index in [-0.39, 0.29) is 12.0 Å². The van der Waals surface area contributed by atoms with Crippen molar-refractivity contribution in [3.63, 3.8) is 0 Å². The predicted molar refractivity (Wildman–Crippen MR) is 92.8 cm³/mol. The van der Waals surface area contributed by atoms with E-state index < -0.39 is 0 Å². The molecule has 1 aliphatic rings. The summed E-state index contributed by atoms with van der Waals surface area (Å²) in [6.07, 6.45) is 1.17. The number of nitrogens with one attached hydrogen (secondary N) is 1. The van der Waals surface area contributed by atoms with Crippen molar-refractivity contribution in [1.82, 2.24) is 15.1 Å². The Morgan fingerprint density at radius 3 is 2.38 bits per heavy atom. The Morgan fingerprint density at radius 2 is 1.71 bits per heavy atom. The minimum absolute atomic E-state index is 0.144. The van der Waals surface area contributed by atoms with E-state index in [2.05, 4.69) is 17.4 Å². The molecule has 132 valence electrons. The molecule has 1 aromatic carbocycles. The first kappa shape index (κ1) is 18.3. The van der Waals surface area contributed by atoms with Gasteiger partial charge in [0.2, 0.25) is 5.91 Å². The molecule has 6 heteroatoms. The van der Waals surface area contributed by atoms with E-state index in [4.69, 9.17) is 4.74 Å². The summed E-state index contributed by atoms with van der Waals surface area (Å²) in [5.74, 6) is 0.144. The minimum Gasteiger partial charge on any atom is -0.450 e. The van der Waals surface area contributed by atoms with Gasteiger partial charge in [0.1, 0.15) is 0 Å². The quantitative estimate of drug-likeness (QED) is 0.769. The van der Waals surface area contributed by atoms with Crippen LogP contribution in [0.5, 0.6) is 0 Å². The van der Waals surface area contributed by atoms with Crippen LogP contribution in [-0.2, 0) is 16.0 Å². The molecule has 2 rings (SSSR count). The second kappa shape index (κ2) is 9.93. The Morgan fingerprint density at radius 1 is 1.04 bits per heavy atom. The highest BCUT2D eigenvalue weighted by atomic mass is 16.6. The highest BCUT2D eigenvalue weighted by molar-refractivity contribution is 5.77. The molecule has 0 radical (unpaired) electrons. The van der Waals surface area contributed by atoms with Crippen LogP contribution in [0.1, 0.15) is 18.9 Å². The second-order valence-electron chi connectivity index (χ2n) is 5.80. The second-order valence-corrected chi connectivity index (χ2v) is 5.80. The fraction of sp³-hybridized carbons (Fsp3) is 0.556. The van der Waals surface area contributed by atoms with Crippen molar-refractivity contribution in [2.75, 3.05) is 45.9 Å². The van der Waals surface area contributed by atoms with Gasteiger partial charge in [-0.3, -0.25) is 4.79 Å². The number of hydrogen-bond donors (Lipinski definition) is 1. The van der Waals surface area contributed by atoms with Crippen LogP contribution in [0.4, 0.5) is 4.79 Å². The van der Waals surface area contributed by atoms with Crippen molar-refractivity contribution in [3.05, 3.63) is 35.9 Å². The maximum absolute atomic E-state index is 12.2. The lowest BCUT2D eigenvalue weighted by atomic mass is 10.1. The number of carbonyl (C=O) groups is 2. The monoisotopic (exact) mass is 333 g/mol. The lowest BCUT2D eigenvalue weighted by Crippen LogP contribution is -2.51. The molecule has 0 saturated carbocycles. The number of nitrogens with zero attached hydrogens (tertiary/aromatic N) is 2. The van der Waals surface area contributed by atoms with Gasteiger partial charge in [-0.2, -0.15) is 0 Å². The van der Waals surface area contributed by atoms with Crippen LogP contribution in [0.3, 0.4) is 0 Å². The molecule has 0 bridgehead atoms. The Balaban J connectivity index is 1.57. The van der Waals surface area contributed by atoms with E-state index in [1.165, 1.54) is 5.56 Å². The van der Waals surface area contributed by atoms with Crippen molar-refractivity contribution in [2.24, 2.45) is 0 Å². The van der Waals surface area contributed by atoms with E-state index in [1.54, 1.807) is 11.8 Å². The van der Waals surface area contributed by atoms with Gasteiger partial charge in [-0.1, -0.05) is 30.3 Å². The summed E-state index contributed by atoms with van der Waals surface area (Å²) < 4.78 is 4.98. The molecule has 1 saturated heterocycles. The zero-order chi connectivity index (χ0) is 17.2. The van der Waals surface area contributed by atoms with Crippen molar-refractivity contribution in [1.29, 1.82) is 0 Å². The number of rotatable bonds is 7. The molecule has 0 aromatic heterocycles. The summed E-state index contributed by atoms with van der Waals surface area (Å²) in [4.78, 5) is 27.3. The average molecular weight is 333 g/mol. The molecule has 0 spiro atoms. The molecule has 1 fully saturated rings. The number of carbonyl (C=O) groups excluding carboxylic acids is 2. The zero-order valence-corrected chi connectivity index (χ0v) is 14.4. The number of ether oxygens (including phenoxy) is 1. The first-order valence-electron chi connectivity index (χ1n) is 8.65. The number of piperazine rings is 1. The lowest BCUT2D eigenvalue weighted by Gasteiger charge is -2.34. The largest absolute Gasteiger partial charge is 0.450 e. The van der Waals surface area contributed by atoms with Crippen molar-refractivity contribution in [3.8, 4) is 0 Å². The highest BCUT2D eigenvalue weighted by Crippen LogP contribution is 2.05. The molecule has 0 atom stereocenters. The third kappa shape index (κ3) is 5.85. The normalized spacial score (nSPS) is 14.5. The molecule has 0 unspecified atom stereocenters. The average Bonchev–Trinajstić information content (AvgIpc) is 2.62. The fourth-order valence-electron chi connectivity index (χ4n) is 2.71. The van der Waals surface area contributed by atoms with E-state index >= 15 is 0 Å². The lowest BCUT2D eigenvalue weighted by molar-refractivity contribution is -0.132.